The molecule has 0 bridgehead atoms. The molecular weight excluding hydrogens is 243 g/mol. The van der Waals surface area contributed by atoms with Gasteiger partial charge in [0.25, 0.3) is 0 Å². The van der Waals surface area contributed by atoms with E-state index in [-0.39, 0.29) is 18.0 Å². The Morgan fingerprint density at radius 1 is 1.53 bits per heavy atom. The van der Waals surface area contributed by atoms with Gasteiger partial charge in [0.2, 0.25) is 0 Å². The van der Waals surface area contributed by atoms with Crippen LogP contribution in [0.25, 0.3) is 0 Å². The zero-order valence-corrected chi connectivity index (χ0v) is 11.7. The summed E-state index contributed by atoms with van der Waals surface area (Å²) in [6.45, 7) is 6.25. The van der Waals surface area contributed by atoms with Crippen LogP contribution in [0.2, 0.25) is 0 Å². The second kappa shape index (κ2) is 6.35. The molecule has 2 rings (SSSR count). The van der Waals surface area contributed by atoms with Gasteiger partial charge in [-0.3, -0.25) is 0 Å². The molecule has 2 N–H and O–H groups in total. The molecule has 106 valence electrons. The number of hydrogen-bond acceptors (Lipinski definition) is 3. The average molecular weight is 266 g/mol. The minimum Gasteiger partial charge on any atom is -0.376 e. The number of nitrogens with zero attached hydrogens (tertiary/aromatic N) is 1. The predicted octanol–water partition coefficient (Wildman–Crippen LogP) is 2.85. The first kappa shape index (κ1) is 14.3. The van der Waals surface area contributed by atoms with Crippen LogP contribution in [0.15, 0.2) is 18.2 Å². The SMILES string of the molecule is CCN(CC1CCCO1)c1ccc([C@H](C)N)cc1F. The lowest BCUT2D eigenvalue weighted by atomic mass is 10.1. The number of rotatable bonds is 5. The highest BCUT2D eigenvalue weighted by atomic mass is 19.1. The maximum atomic E-state index is 14.2. The number of nitrogens with two attached hydrogens (primary N) is 1. The van der Waals surface area contributed by atoms with Crippen molar-refractivity contribution in [2.45, 2.75) is 38.8 Å². The average Bonchev–Trinajstić information content (AvgIpc) is 2.89. The van der Waals surface area contributed by atoms with Gasteiger partial charge >= 0.3 is 0 Å². The number of halogens is 1. The van der Waals surface area contributed by atoms with Crippen LogP contribution in [0.5, 0.6) is 0 Å². The lowest BCUT2D eigenvalue weighted by molar-refractivity contribution is 0.115. The first-order valence-electron chi connectivity index (χ1n) is 7.03. The maximum Gasteiger partial charge on any atom is 0.146 e. The normalized spacial score (nSPS) is 20.5. The van der Waals surface area contributed by atoms with Crippen LogP contribution in [0, 0.1) is 5.82 Å². The van der Waals surface area contributed by atoms with Gasteiger partial charge in [0.15, 0.2) is 0 Å². The first-order chi connectivity index (χ1) is 9.11. The summed E-state index contributed by atoms with van der Waals surface area (Å²) in [7, 11) is 0. The summed E-state index contributed by atoms with van der Waals surface area (Å²) in [5, 5.41) is 0. The zero-order valence-electron chi connectivity index (χ0n) is 11.7. The van der Waals surface area contributed by atoms with Crippen molar-refractivity contribution >= 4 is 5.69 Å². The minimum absolute atomic E-state index is 0.142. The fourth-order valence-electron chi connectivity index (χ4n) is 2.49. The van der Waals surface area contributed by atoms with E-state index in [0.717, 1.165) is 38.1 Å². The van der Waals surface area contributed by atoms with E-state index in [1.165, 1.54) is 6.07 Å². The molecule has 1 fully saturated rings. The van der Waals surface area contributed by atoms with E-state index in [9.17, 15) is 4.39 Å². The Balaban J connectivity index is 2.13. The molecule has 0 amide bonds. The van der Waals surface area contributed by atoms with Crippen molar-refractivity contribution in [2.24, 2.45) is 5.73 Å². The standard InChI is InChI=1S/C15H23FN2O/c1-3-18(10-13-5-4-8-19-13)15-7-6-12(11(2)17)9-14(15)16/h6-7,9,11,13H,3-5,8,10,17H2,1-2H3/t11-,13?/m0/s1. The van der Waals surface area contributed by atoms with Crippen molar-refractivity contribution in [3.63, 3.8) is 0 Å². The topological polar surface area (TPSA) is 38.5 Å². The molecule has 1 aliphatic heterocycles. The highest BCUT2D eigenvalue weighted by Crippen LogP contribution is 2.24. The Kier molecular flexibility index (Phi) is 4.77. The van der Waals surface area contributed by atoms with Gasteiger partial charge < -0.3 is 15.4 Å². The Morgan fingerprint density at radius 2 is 2.32 bits per heavy atom. The van der Waals surface area contributed by atoms with E-state index >= 15 is 0 Å². The largest absolute Gasteiger partial charge is 0.376 e. The summed E-state index contributed by atoms with van der Waals surface area (Å²) in [5.41, 5.74) is 7.24. The molecule has 0 saturated carbocycles. The number of anilines is 1. The second-order valence-electron chi connectivity index (χ2n) is 5.17. The predicted molar refractivity (Wildman–Crippen MR) is 75.9 cm³/mol. The molecule has 1 heterocycles. The van der Waals surface area contributed by atoms with Crippen molar-refractivity contribution < 1.29 is 9.13 Å². The van der Waals surface area contributed by atoms with E-state index in [1.54, 1.807) is 0 Å². The van der Waals surface area contributed by atoms with Gasteiger partial charge in [-0.2, -0.15) is 0 Å². The lowest BCUT2D eigenvalue weighted by Crippen LogP contribution is -2.32. The summed E-state index contributed by atoms with van der Waals surface area (Å²) in [6.07, 6.45) is 2.40. The van der Waals surface area contributed by atoms with Crippen molar-refractivity contribution in [2.75, 3.05) is 24.6 Å². The van der Waals surface area contributed by atoms with Crippen LogP contribution in [0.3, 0.4) is 0 Å². The van der Waals surface area contributed by atoms with Crippen molar-refractivity contribution in [3.8, 4) is 0 Å². The molecule has 0 aliphatic carbocycles. The summed E-state index contributed by atoms with van der Waals surface area (Å²) in [5.74, 6) is -0.199. The van der Waals surface area contributed by atoms with Crippen LogP contribution < -0.4 is 10.6 Å². The van der Waals surface area contributed by atoms with Crippen LogP contribution in [0.1, 0.15) is 38.3 Å². The molecule has 0 spiro atoms. The zero-order chi connectivity index (χ0) is 13.8. The van der Waals surface area contributed by atoms with Gasteiger partial charge in [0.05, 0.1) is 11.8 Å². The Hall–Kier alpha value is -1.13. The van der Waals surface area contributed by atoms with E-state index in [0.29, 0.717) is 5.69 Å². The van der Waals surface area contributed by atoms with E-state index in [4.69, 9.17) is 10.5 Å². The third-order valence-electron chi connectivity index (χ3n) is 3.67. The molecule has 1 aliphatic rings. The summed E-state index contributed by atoms with van der Waals surface area (Å²) >= 11 is 0. The van der Waals surface area contributed by atoms with Gasteiger partial charge in [0.1, 0.15) is 5.82 Å². The molecule has 1 aromatic rings. The molecule has 3 nitrogen and oxygen atoms in total. The molecule has 0 aromatic heterocycles. The Morgan fingerprint density at radius 3 is 2.84 bits per heavy atom. The minimum atomic E-state index is -0.199. The van der Waals surface area contributed by atoms with Gasteiger partial charge in [-0.1, -0.05) is 6.07 Å². The molecule has 1 saturated heterocycles. The smallest absolute Gasteiger partial charge is 0.146 e. The number of likely N-dealkylation sites (N-methyl/N-ethyl adjacent to an activating group) is 1. The molecule has 1 unspecified atom stereocenters. The molecule has 0 radical (unpaired) electrons. The van der Waals surface area contributed by atoms with Crippen LogP contribution in [0.4, 0.5) is 10.1 Å². The van der Waals surface area contributed by atoms with Gasteiger partial charge in [0, 0.05) is 25.7 Å². The Labute approximate surface area is 114 Å². The van der Waals surface area contributed by atoms with Crippen LogP contribution in [-0.2, 0) is 4.74 Å². The molecule has 1 aromatic carbocycles. The molecule has 19 heavy (non-hydrogen) atoms. The third-order valence-corrected chi connectivity index (χ3v) is 3.67. The van der Waals surface area contributed by atoms with Crippen molar-refractivity contribution in [1.82, 2.24) is 0 Å². The molecule has 4 heteroatoms. The highest BCUT2D eigenvalue weighted by Gasteiger charge is 2.20. The molecular formula is C15H23FN2O. The molecule has 2 atom stereocenters. The fourth-order valence-corrected chi connectivity index (χ4v) is 2.49. The second-order valence-corrected chi connectivity index (χ2v) is 5.17. The van der Waals surface area contributed by atoms with Crippen LogP contribution >= 0.6 is 0 Å². The van der Waals surface area contributed by atoms with E-state index in [1.807, 2.05) is 30.9 Å². The summed E-state index contributed by atoms with van der Waals surface area (Å²) < 4.78 is 19.8. The van der Waals surface area contributed by atoms with Crippen molar-refractivity contribution in [1.29, 1.82) is 0 Å². The number of hydrogen-bond donors (Lipinski definition) is 1. The fraction of sp³-hybridized carbons (Fsp3) is 0.600. The maximum absolute atomic E-state index is 14.2. The summed E-state index contributed by atoms with van der Waals surface area (Å²) in [6, 6.07) is 5.13. The number of ether oxygens (including phenoxy) is 1. The first-order valence-corrected chi connectivity index (χ1v) is 7.03. The van der Waals surface area contributed by atoms with Gasteiger partial charge in [-0.25, -0.2) is 4.39 Å². The van der Waals surface area contributed by atoms with Gasteiger partial charge in [-0.15, -0.1) is 0 Å². The van der Waals surface area contributed by atoms with Gasteiger partial charge in [-0.05, 0) is 44.4 Å². The van der Waals surface area contributed by atoms with E-state index in [2.05, 4.69) is 0 Å². The monoisotopic (exact) mass is 266 g/mol. The quantitative estimate of drug-likeness (QED) is 0.890. The number of benzene rings is 1. The Bertz CT molecular complexity index is 417. The highest BCUT2D eigenvalue weighted by molar-refractivity contribution is 5.49. The third kappa shape index (κ3) is 3.45. The van der Waals surface area contributed by atoms with Crippen molar-refractivity contribution in [3.05, 3.63) is 29.6 Å². The lowest BCUT2D eigenvalue weighted by Gasteiger charge is -2.26. The van der Waals surface area contributed by atoms with E-state index < -0.39 is 0 Å². The van der Waals surface area contributed by atoms with Crippen LogP contribution in [-0.4, -0.2) is 25.8 Å². The summed E-state index contributed by atoms with van der Waals surface area (Å²) in [4.78, 5) is 2.04.